The number of para-hydroxylation sites is 1. The van der Waals surface area contributed by atoms with E-state index >= 15 is 0 Å². The highest BCUT2D eigenvalue weighted by Crippen LogP contribution is 2.34. The fourth-order valence-corrected chi connectivity index (χ4v) is 2.79. The van der Waals surface area contributed by atoms with Gasteiger partial charge in [0.1, 0.15) is 5.76 Å². The summed E-state index contributed by atoms with van der Waals surface area (Å²) in [4.78, 5) is 14.2. The Morgan fingerprint density at radius 3 is 2.36 bits per heavy atom. The summed E-state index contributed by atoms with van der Waals surface area (Å²) in [6, 6.07) is 17.3. The van der Waals surface area contributed by atoms with Crippen LogP contribution in [0, 0.1) is 0 Å². The number of nitrogens with one attached hydrogen (secondary N) is 1. The zero-order chi connectivity index (χ0) is 20.0. The second-order valence-corrected chi connectivity index (χ2v) is 6.21. The van der Waals surface area contributed by atoms with E-state index in [0.717, 1.165) is 11.6 Å². The largest absolute Gasteiger partial charge is 0.467 e. The van der Waals surface area contributed by atoms with Gasteiger partial charge < -0.3 is 14.6 Å². The molecule has 4 nitrogen and oxygen atoms in total. The summed E-state index contributed by atoms with van der Waals surface area (Å²) in [5.41, 5.74) is -0.135. The number of furan rings is 1. The molecule has 1 aromatic heterocycles. The Hall–Kier alpha value is -3.22. The van der Waals surface area contributed by atoms with Crippen molar-refractivity contribution in [2.75, 3.05) is 11.9 Å². The summed E-state index contributed by atoms with van der Waals surface area (Å²) >= 11 is 0. The predicted octanol–water partition coefficient (Wildman–Crippen LogP) is 5.58. The Balaban J connectivity index is 1.76. The minimum atomic E-state index is -4.56. The van der Waals surface area contributed by atoms with Crippen molar-refractivity contribution >= 4 is 11.7 Å². The summed E-state index contributed by atoms with van der Waals surface area (Å²) in [6.45, 7) is 0.477. The van der Waals surface area contributed by atoms with Crippen LogP contribution in [0.5, 0.6) is 0 Å². The van der Waals surface area contributed by atoms with Crippen LogP contribution in [-0.4, -0.2) is 17.5 Å². The molecule has 3 aromatic rings. The van der Waals surface area contributed by atoms with Crippen LogP contribution in [0.15, 0.2) is 77.4 Å². The Morgan fingerprint density at radius 1 is 0.964 bits per heavy atom. The highest BCUT2D eigenvalue weighted by Gasteiger charge is 2.34. The van der Waals surface area contributed by atoms with Crippen LogP contribution in [0.25, 0.3) is 0 Å². The number of carbonyl (C=O) groups is 1. The first-order chi connectivity index (χ1) is 13.4. The van der Waals surface area contributed by atoms with Gasteiger partial charge in [-0.25, -0.2) is 4.79 Å². The topological polar surface area (TPSA) is 45.5 Å². The molecule has 0 saturated carbocycles. The van der Waals surface area contributed by atoms with Gasteiger partial charge in [0.15, 0.2) is 0 Å². The molecule has 0 atom stereocenters. The predicted molar refractivity (Wildman–Crippen MR) is 99.7 cm³/mol. The first-order valence-corrected chi connectivity index (χ1v) is 8.72. The number of hydrogen-bond acceptors (Lipinski definition) is 2. The molecule has 7 heteroatoms. The number of rotatable bonds is 6. The van der Waals surface area contributed by atoms with Gasteiger partial charge in [0.2, 0.25) is 0 Å². The van der Waals surface area contributed by atoms with Gasteiger partial charge in [-0.3, -0.25) is 0 Å². The van der Waals surface area contributed by atoms with E-state index < -0.39 is 17.8 Å². The summed E-state index contributed by atoms with van der Waals surface area (Å²) in [7, 11) is 0. The van der Waals surface area contributed by atoms with E-state index in [9.17, 15) is 18.0 Å². The standard InChI is InChI=1S/C21H19F3N2O2/c22-21(23,24)18-10-4-5-11-19(18)25-20(27)26(15-17-9-6-14-28-17)13-12-16-7-2-1-3-8-16/h1-11,14H,12-13,15H2,(H,25,27). The number of hydrogen-bond donors (Lipinski definition) is 1. The van der Waals surface area contributed by atoms with Crippen molar-refractivity contribution in [3.63, 3.8) is 0 Å². The molecule has 2 aromatic carbocycles. The van der Waals surface area contributed by atoms with Gasteiger partial charge in [-0.1, -0.05) is 42.5 Å². The van der Waals surface area contributed by atoms with E-state index in [-0.39, 0.29) is 12.2 Å². The normalized spacial score (nSPS) is 11.2. The maximum Gasteiger partial charge on any atom is 0.418 e. The first kappa shape index (κ1) is 19.5. The van der Waals surface area contributed by atoms with Crippen LogP contribution < -0.4 is 5.32 Å². The zero-order valence-electron chi connectivity index (χ0n) is 14.9. The van der Waals surface area contributed by atoms with Crippen molar-refractivity contribution in [2.24, 2.45) is 0 Å². The quantitative estimate of drug-likeness (QED) is 0.600. The maximum absolute atomic E-state index is 13.2. The molecule has 0 unspecified atom stereocenters. The van der Waals surface area contributed by atoms with E-state index in [1.165, 1.54) is 29.4 Å². The molecule has 1 N–H and O–H groups in total. The van der Waals surface area contributed by atoms with Crippen molar-refractivity contribution in [1.29, 1.82) is 0 Å². The minimum Gasteiger partial charge on any atom is -0.467 e. The molecule has 0 aliphatic heterocycles. The zero-order valence-corrected chi connectivity index (χ0v) is 14.9. The van der Waals surface area contributed by atoms with Crippen molar-refractivity contribution in [1.82, 2.24) is 4.90 Å². The number of carbonyl (C=O) groups excluding carboxylic acids is 1. The van der Waals surface area contributed by atoms with Crippen LogP contribution in [0.2, 0.25) is 0 Å². The first-order valence-electron chi connectivity index (χ1n) is 8.72. The molecule has 146 valence electrons. The molecular weight excluding hydrogens is 369 g/mol. The summed E-state index contributed by atoms with van der Waals surface area (Å²) < 4.78 is 44.9. The monoisotopic (exact) mass is 388 g/mol. The van der Waals surface area contributed by atoms with E-state index in [0.29, 0.717) is 18.7 Å². The fraction of sp³-hybridized carbons (Fsp3) is 0.190. The number of benzene rings is 2. The molecule has 0 fully saturated rings. The lowest BCUT2D eigenvalue weighted by atomic mass is 10.1. The van der Waals surface area contributed by atoms with E-state index in [4.69, 9.17) is 4.42 Å². The lowest BCUT2D eigenvalue weighted by molar-refractivity contribution is -0.136. The number of nitrogens with zero attached hydrogens (tertiary/aromatic N) is 1. The van der Waals surface area contributed by atoms with E-state index in [1.54, 1.807) is 12.1 Å². The molecule has 1 heterocycles. The van der Waals surface area contributed by atoms with Gasteiger partial charge in [0, 0.05) is 6.54 Å². The second-order valence-electron chi connectivity index (χ2n) is 6.21. The number of amides is 2. The van der Waals surface area contributed by atoms with Gasteiger partial charge in [-0.2, -0.15) is 13.2 Å². The molecule has 0 saturated heterocycles. The van der Waals surface area contributed by atoms with Crippen LogP contribution in [0.3, 0.4) is 0 Å². The number of urea groups is 1. The van der Waals surface area contributed by atoms with Crippen molar-refractivity contribution in [3.05, 3.63) is 89.9 Å². The average Bonchev–Trinajstić information content (AvgIpc) is 3.18. The second kappa shape index (κ2) is 8.65. The van der Waals surface area contributed by atoms with Crippen molar-refractivity contribution < 1.29 is 22.4 Å². The van der Waals surface area contributed by atoms with E-state index in [1.807, 2.05) is 30.3 Å². The van der Waals surface area contributed by atoms with Crippen LogP contribution in [-0.2, 0) is 19.1 Å². The Labute approximate surface area is 160 Å². The number of alkyl halides is 3. The molecule has 0 aliphatic rings. The third-order valence-corrected chi connectivity index (χ3v) is 4.20. The minimum absolute atomic E-state index is 0.153. The summed E-state index contributed by atoms with van der Waals surface area (Å²) in [5.74, 6) is 0.548. The highest BCUT2D eigenvalue weighted by molar-refractivity contribution is 5.90. The molecular formula is C21H19F3N2O2. The van der Waals surface area contributed by atoms with Gasteiger partial charge in [-0.05, 0) is 36.2 Å². The lowest BCUT2D eigenvalue weighted by Gasteiger charge is -2.23. The molecule has 0 bridgehead atoms. The molecule has 28 heavy (non-hydrogen) atoms. The van der Waals surface area contributed by atoms with Crippen molar-refractivity contribution in [3.8, 4) is 0 Å². The van der Waals surface area contributed by atoms with Crippen molar-refractivity contribution in [2.45, 2.75) is 19.1 Å². The van der Waals surface area contributed by atoms with Gasteiger partial charge in [0.25, 0.3) is 0 Å². The van der Waals surface area contributed by atoms with E-state index in [2.05, 4.69) is 5.32 Å². The fourth-order valence-electron chi connectivity index (χ4n) is 2.79. The SMILES string of the molecule is O=C(Nc1ccccc1C(F)(F)F)N(CCc1ccccc1)Cc1ccco1. The average molecular weight is 388 g/mol. The van der Waals surface area contributed by atoms with Crippen LogP contribution in [0.4, 0.5) is 23.7 Å². The number of anilines is 1. The van der Waals surface area contributed by atoms with Crippen LogP contribution >= 0.6 is 0 Å². The van der Waals surface area contributed by atoms with Gasteiger partial charge in [-0.15, -0.1) is 0 Å². The van der Waals surface area contributed by atoms with Gasteiger partial charge in [0.05, 0.1) is 24.1 Å². The number of halogens is 3. The smallest absolute Gasteiger partial charge is 0.418 e. The molecule has 3 rings (SSSR count). The molecule has 0 aliphatic carbocycles. The molecule has 0 spiro atoms. The lowest BCUT2D eigenvalue weighted by Crippen LogP contribution is -2.36. The Kier molecular flexibility index (Phi) is 6.03. The van der Waals surface area contributed by atoms with Gasteiger partial charge >= 0.3 is 12.2 Å². The Bertz CT molecular complexity index is 894. The molecule has 2 amide bonds. The third-order valence-electron chi connectivity index (χ3n) is 4.20. The van der Waals surface area contributed by atoms with Crippen LogP contribution in [0.1, 0.15) is 16.9 Å². The summed E-state index contributed by atoms with van der Waals surface area (Å²) in [5, 5.41) is 2.39. The maximum atomic E-state index is 13.2. The third kappa shape index (κ3) is 5.16. The summed E-state index contributed by atoms with van der Waals surface area (Å²) in [6.07, 6.45) is -2.50. The molecule has 0 radical (unpaired) electrons. The Morgan fingerprint density at radius 2 is 1.68 bits per heavy atom. The highest BCUT2D eigenvalue weighted by atomic mass is 19.4.